The predicted molar refractivity (Wildman–Crippen MR) is 75.6 cm³/mol. The molecule has 0 amide bonds. The third-order valence-electron chi connectivity index (χ3n) is 2.92. The van der Waals surface area contributed by atoms with Gasteiger partial charge in [0.15, 0.2) is 0 Å². The van der Waals surface area contributed by atoms with Gasteiger partial charge in [-0.25, -0.2) is 4.68 Å². The SMILES string of the molecule is COc1ccc(N)cc1-n1cc(-c2ccncc2)nn1. The second kappa shape index (κ2) is 5.00. The Bertz CT molecular complexity index is 723. The molecule has 2 heterocycles. The van der Waals surface area contributed by atoms with Crippen LogP contribution >= 0.6 is 0 Å². The molecule has 6 nitrogen and oxygen atoms in total. The van der Waals surface area contributed by atoms with E-state index in [0.717, 1.165) is 16.9 Å². The highest BCUT2D eigenvalue weighted by molar-refractivity contribution is 5.60. The van der Waals surface area contributed by atoms with Crippen molar-refractivity contribution in [1.82, 2.24) is 20.0 Å². The molecule has 0 bridgehead atoms. The van der Waals surface area contributed by atoms with Gasteiger partial charge in [0.2, 0.25) is 0 Å². The number of nitrogens with zero attached hydrogens (tertiary/aromatic N) is 4. The summed E-state index contributed by atoms with van der Waals surface area (Å²) in [5, 5.41) is 8.28. The molecule has 2 N–H and O–H groups in total. The highest BCUT2D eigenvalue weighted by Gasteiger charge is 2.09. The molecule has 0 aliphatic heterocycles. The van der Waals surface area contributed by atoms with Gasteiger partial charge in [0.1, 0.15) is 17.1 Å². The fourth-order valence-electron chi connectivity index (χ4n) is 1.92. The molecule has 0 spiro atoms. The van der Waals surface area contributed by atoms with Gasteiger partial charge in [-0.1, -0.05) is 5.21 Å². The molecule has 0 atom stereocenters. The number of benzene rings is 1. The van der Waals surface area contributed by atoms with E-state index in [1.54, 1.807) is 42.4 Å². The Labute approximate surface area is 115 Å². The van der Waals surface area contributed by atoms with Crippen molar-refractivity contribution in [2.45, 2.75) is 0 Å². The summed E-state index contributed by atoms with van der Waals surface area (Å²) in [5.74, 6) is 0.686. The first-order chi connectivity index (χ1) is 9.78. The van der Waals surface area contributed by atoms with Crippen LogP contribution in [0.2, 0.25) is 0 Å². The highest BCUT2D eigenvalue weighted by Crippen LogP contribution is 2.25. The number of methoxy groups -OCH3 is 1. The number of anilines is 1. The molecule has 0 aliphatic carbocycles. The van der Waals surface area contributed by atoms with Crippen molar-refractivity contribution in [3.63, 3.8) is 0 Å². The van der Waals surface area contributed by atoms with Gasteiger partial charge in [-0.3, -0.25) is 4.98 Å². The monoisotopic (exact) mass is 267 g/mol. The molecule has 3 aromatic rings. The Balaban J connectivity index is 2.04. The minimum absolute atomic E-state index is 0.641. The molecule has 0 radical (unpaired) electrons. The standard InChI is InChI=1S/C14H13N5O/c1-20-14-3-2-11(15)8-13(14)19-9-12(17-18-19)10-4-6-16-7-5-10/h2-9H,15H2,1H3. The first-order valence-corrected chi connectivity index (χ1v) is 6.04. The summed E-state index contributed by atoms with van der Waals surface area (Å²) in [5.41, 5.74) is 8.92. The summed E-state index contributed by atoms with van der Waals surface area (Å²) in [6, 6.07) is 9.14. The molecule has 0 saturated heterocycles. The van der Waals surface area contributed by atoms with Gasteiger partial charge in [-0.15, -0.1) is 5.10 Å². The number of aromatic nitrogens is 4. The summed E-state index contributed by atoms with van der Waals surface area (Å²) in [6.45, 7) is 0. The van der Waals surface area contributed by atoms with Crippen LogP contribution in [0.5, 0.6) is 5.75 Å². The first-order valence-electron chi connectivity index (χ1n) is 6.04. The Morgan fingerprint density at radius 2 is 1.95 bits per heavy atom. The number of hydrogen-bond donors (Lipinski definition) is 1. The van der Waals surface area contributed by atoms with Crippen LogP contribution < -0.4 is 10.5 Å². The van der Waals surface area contributed by atoms with E-state index >= 15 is 0 Å². The second-order valence-corrected chi connectivity index (χ2v) is 4.22. The zero-order chi connectivity index (χ0) is 13.9. The lowest BCUT2D eigenvalue weighted by molar-refractivity contribution is 0.411. The molecule has 0 fully saturated rings. The van der Waals surface area contributed by atoms with Gasteiger partial charge >= 0.3 is 0 Å². The molecular formula is C14H13N5O. The van der Waals surface area contributed by atoms with Crippen molar-refractivity contribution >= 4 is 5.69 Å². The molecule has 3 rings (SSSR count). The van der Waals surface area contributed by atoms with Crippen LogP contribution in [-0.4, -0.2) is 27.1 Å². The normalized spacial score (nSPS) is 10.4. The molecule has 20 heavy (non-hydrogen) atoms. The van der Waals surface area contributed by atoms with Gasteiger partial charge < -0.3 is 10.5 Å². The van der Waals surface area contributed by atoms with Gasteiger partial charge in [0.05, 0.1) is 13.3 Å². The van der Waals surface area contributed by atoms with Crippen LogP contribution in [0.4, 0.5) is 5.69 Å². The molecular weight excluding hydrogens is 254 g/mol. The number of nitrogens with two attached hydrogens (primary N) is 1. The maximum atomic E-state index is 5.81. The van der Waals surface area contributed by atoms with Crippen LogP contribution in [0.1, 0.15) is 0 Å². The Morgan fingerprint density at radius 1 is 1.15 bits per heavy atom. The topological polar surface area (TPSA) is 78.9 Å². The third-order valence-corrected chi connectivity index (χ3v) is 2.92. The lowest BCUT2D eigenvalue weighted by Gasteiger charge is -2.08. The minimum atomic E-state index is 0.641. The van der Waals surface area contributed by atoms with Crippen molar-refractivity contribution in [1.29, 1.82) is 0 Å². The lowest BCUT2D eigenvalue weighted by atomic mass is 10.2. The summed E-state index contributed by atoms with van der Waals surface area (Å²) in [7, 11) is 1.61. The van der Waals surface area contributed by atoms with Crippen LogP contribution in [0.25, 0.3) is 16.9 Å². The smallest absolute Gasteiger partial charge is 0.144 e. The van der Waals surface area contributed by atoms with Gasteiger partial charge in [0.25, 0.3) is 0 Å². The number of hydrogen-bond acceptors (Lipinski definition) is 5. The van der Waals surface area contributed by atoms with Crippen LogP contribution in [0, 0.1) is 0 Å². The number of ether oxygens (including phenoxy) is 1. The van der Waals surface area contributed by atoms with Gasteiger partial charge in [-0.05, 0) is 30.3 Å². The first kappa shape index (κ1) is 12.2. The molecule has 0 unspecified atom stereocenters. The number of rotatable bonds is 3. The second-order valence-electron chi connectivity index (χ2n) is 4.22. The van der Waals surface area contributed by atoms with Gasteiger partial charge in [-0.2, -0.15) is 0 Å². The number of nitrogen functional groups attached to an aromatic ring is 1. The van der Waals surface area contributed by atoms with Crippen molar-refractivity contribution in [3.05, 3.63) is 48.9 Å². The van der Waals surface area contributed by atoms with Crippen molar-refractivity contribution in [2.75, 3.05) is 12.8 Å². The largest absolute Gasteiger partial charge is 0.494 e. The summed E-state index contributed by atoms with van der Waals surface area (Å²) in [6.07, 6.45) is 5.26. The summed E-state index contributed by atoms with van der Waals surface area (Å²) < 4.78 is 6.96. The zero-order valence-corrected chi connectivity index (χ0v) is 10.9. The Hall–Kier alpha value is -2.89. The van der Waals surface area contributed by atoms with Crippen LogP contribution in [0.3, 0.4) is 0 Å². The average Bonchev–Trinajstić information content (AvgIpc) is 2.98. The molecule has 6 heteroatoms. The average molecular weight is 267 g/mol. The predicted octanol–water partition coefficient (Wildman–Crippen LogP) is 1.92. The Kier molecular flexibility index (Phi) is 3.04. The molecule has 1 aromatic carbocycles. The van der Waals surface area contributed by atoms with Crippen molar-refractivity contribution < 1.29 is 4.74 Å². The van der Waals surface area contributed by atoms with Crippen molar-refractivity contribution in [2.24, 2.45) is 0 Å². The van der Waals surface area contributed by atoms with Crippen LogP contribution in [-0.2, 0) is 0 Å². The van der Waals surface area contributed by atoms with E-state index in [0.29, 0.717) is 11.4 Å². The van der Waals surface area contributed by atoms with E-state index in [1.165, 1.54) is 0 Å². The summed E-state index contributed by atoms with van der Waals surface area (Å²) >= 11 is 0. The zero-order valence-electron chi connectivity index (χ0n) is 10.9. The Morgan fingerprint density at radius 3 is 2.70 bits per heavy atom. The van der Waals surface area contributed by atoms with Crippen molar-refractivity contribution in [3.8, 4) is 22.7 Å². The number of pyridine rings is 1. The third kappa shape index (κ3) is 2.18. The lowest BCUT2D eigenvalue weighted by Crippen LogP contribution is -2.00. The fraction of sp³-hybridized carbons (Fsp3) is 0.0714. The van der Waals surface area contributed by atoms with E-state index in [4.69, 9.17) is 10.5 Å². The summed E-state index contributed by atoms with van der Waals surface area (Å²) in [4.78, 5) is 3.98. The molecule has 100 valence electrons. The highest BCUT2D eigenvalue weighted by atomic mass is 16.5. The van der Waals surface area contributed by atoms with Gasteiger partial charge in [0, 0.05) is 23.6 Å². The van der Waals surface area contributed by atoms with Crippen LogP contribution in [0.15, 0.2) is 48.9 Å². The van der Waals surface area contributed by atoms with E-state index < -0.39 is 0 Å². The molecule has 2 aromatic heterocycles. The maximum Gasteiger partial charge on any atom is 0.144 e. The minimum Gasteiger partial charge on any atom is -0.494 e. The van der Waals surface area contributed by atoms with E-state index in [1.807, 2.05) is 18.3 Å². The molecule has 0 aliphatic rings. The quantitative estimate of drug-likeness (QED) is 0.733. The van der Waals surface area contributed by atoms with E-state index in [2.05, 4.69) is 15.3 Å². The van der Waals surface area contributed by atoms with E-state index in [-0.39, 0.29) is 0 Å². The van der Waals surface area contributed by atoms with E-state index in [9.17, 15) is 0 Å². The fourth-order valence-corrected chi connectivity index (χ4v) is 1.92. The molecule has 0 saturated carbocycles. The maximum absolute atomic E-state index is 5.81.